The highest BCUT2D eigenvalue weighted by atomic mass is 32.2. The van der Waals surface area contributed by atoms with E-state index in [1.165, 1.54) is 0 Å². The van der Waals surface area contributed by atoms with Crippen LogP contribution in [0.15, 0.2) is 6.20 Å². The fourth-order valence-corrected chi connectivity index (χ4v) is 4.42. The number of hydrogen-bond acceptors (Lipinski definition) is 3. The Kier molecular flexibility index (Phi) is 2.72. The normalized spacial score (nSPS) is 22.5. The average molecular weight is 283 g/mol. The molecule has 1 aromatic rings. The maximum absolute atomic E-state index is 12.0. The van der Waals surface area contributed by atoms with Gasteiger partial charge >= 0.3 is 0 Å². The zero-order valence-electron chi connectivity index (χ0n) is 10.7. The molecule has 0 aromatic carbocycles. The van der Waals surface area contributed by atoms with E-state index in [-0.39, 0.29) is 11.3 Å². The zero-order valence-corrected chi connectivity index (χ0v) is 11.5. The molecule has 0 saturated heterocycles. The molecule has 3 N–H and O–H groups in total. The summed E-state index contributed by atoms with van der Waals surface area (Å²) in [6.07, 6.45) is 4.68. The van der Waals surface area contributed by atoms with Gasteiger partial charge in [0.2, 0.25) is 10.0 Å². The van der Waals surface area contributed by atoms with Gasteiger partial charge in [0.25, 0.3) is 5.91 Å². The first-order valence-corrected chi connectivity index (χ1v) is 7.94. The lowest BCUT2D eigenvalue weighted by atomic mass is 10.1. The van der Waals surface area contributed by atoms with Crippen molar-refractivity contribution in [2.24, 2.45) is 12.8 Å². The number of sulfonamides is 1. The van der Waals surface area contributed by atoms with Gasteiger partial charge in [-0.15, -0.1) is 0 Å². The first kappa shape index (κ1) is 12.7. The first-order valence-electron chi connectivity index (χ1n) is 6.39. The van der Waals surface area contributed by atoms with Crippen LogP contribution in [0.2, 0.25) is 0 Å². The molecule has 7 heteroatoms. The standard InChI is InChI=1S/C12H17N3O3S/c1-15-6-9-8(11(15)12(13)16)4-5-10(9)14-19(17,18)7-2-3-7/h6-7,10,14H,2-5H2,1H3,(H2,13,16)/t10-/m0/s1. The van der Waals surface area contributed by atoms with E-state index in [0.29, 0.717) is 18.5 Å². The van der Waals surface area contributed by atoms with E-state index in [9.17, 15) is 13.2 Å². The third-order valence-electron chi connectivity index (χ3n) is 3.88. The zero-order chi connectivity index (χ0) is 13.8. The molecule has 1 amide bonds. The van der Waals surface area contributed by atoms with Crippen LogP contribution in [0.5, 0.6) is 0 Å². The van der Waals surface area contributed by atoms with Crippen molar-refractivity contribution in [2.75, 3.05) is 0 Å². The Bertz CT molecular complexity index is 643. The van der Waals surface area contributed by atoms with Gasteiger partial charge in [-0.3, -0.25) is 4.79 Å². The van der Waals surface area contributed by atoms with Gasteiger partial charge in [-0.25, -0.2) is 13.1 Å². The molecule has 0 aliphatic heterocycles. The number of nitrogens with two attached hydrogens (primary N) is 1. The van der Waals surface area contributed by atoms with E-state index < -0.39 is 15.9 Å². The van der Waals surface area contributed by atoms with E-state index >= 15 is 0 Å². The summed E-state index contributed by atoms with van der Waals surface area (Å²) in [6.45, 7) is 0. The topological polar surface area (TPSA) is 94.2 Å². The van der Waals surface area contributed by atoms with Crippen LogP contribution in [0.25, 0.3) is 0 Å². The summed E-state index contributed by atoms with van der Waals surface area (Å²) in [7, 11) is -1.46. The van der Waals surface area contributed by atoms with Crippen LogP contribution in [-0.4, -0.2) is 24.1 Å². The van der Waals surface area contributed by atoms with Crippen molar-refractivity contribution in [3.8, 4) is 0 Å². The molecular formula is C12H17N3O3S. The molecule has 0 radical (unpaired) electrons. The minimum absolute atomic E-state index is 0.222. The molecule has 19 heavy (non-hydrogen) atoms. The van der Waals surface area contributed by atoms with E-state index in [1.807, 2.05) is 6.20 Å². The summed E-state index contributed by atoms with van der Waals surface area (Å²) in [5.74, 6) is -0.463. The molecule has 0 spiro atoms. The lowest BCUT2D eigenvalue weighted by Crippen LogP contribution is -2.30. The van der Waals surface area contributed by atoms with E-state index in [2.05, 4.69) is 4.72 Å². The number of aromatic nitrogens is 1. The van der Waals surface area contributed by atoms with Crippen LogP contribution in [-0.2, 0) is 23.5 Å². The van der Waals surface area contributed by atoms with Crippen molar-refractivity contribution in [3.63, 3.8) is 0 Å². The van der Waals surface area contributed by atoms with Gasteiger partial charge in [0.05, 0.1) is 5.25 Å². The van der Waals surface area contributed by atoms with Gasteiger partial charge in [0.15, 0.2) is 0 Å². The molecular weight excluding hydrogens is 266 g/mol. The van der Waals surface area contributed by atoms with Crippen molar-refractivity contribution in [1.82, 2.24) is 9.29 Å². The predicted molar refractivity (Wildman–Crippen MR) is 70.1 cm³/mol. The summed E-state index contributed by atoms with van der Waals surface area (Å²) in [4.78, 5) is 11.4. The van der Waals surface area contributed by atoms with Crippen LogP contribution in [0.1, 0.15) is 46.9 Å². The van der Waals surface area contributed by atoms with Gasteiger partial charge < -0.3 is 10.3 Å². The molecule has 1 atom stereocenters. The molecule has 0 bridgehead atoms. The fourth-order valence-electron chi connectivity index (χ4n) is 2.83. The Balaban J connectivity index is 1.90. The molecule has 2 aliphatic rings. The Morgan fingerprint density at radius 1 is 1.42 bits per heavy atom. The maximum Gasteiger partial charge on any atom is 0.265 e. The second kappa shape index (κ2) is 4.08. The molecule has 1 saturated carbocycles. The molecule has 104 valence electrons. The van der Waals surface area contributed by atoms with Gasteiger partial charge in [0.1, 0.15) is 5.69 Å². The van der Waals surface area contributed by atoms with Crippen LogP contribution in [0.4, 0.5) is 0 Å². The van der Waals surface area contributed by atoms with Crippen LogP contribution < -0.4 is 10.5 Å². The molecule has 2 aliphatic carbocycles. The Hall–Kier alpha value is -1.34. The number of amides is 1. The Morgan fingerprint density at radius 3 is 2.68 bits per heavy atom. The smallest absolute Gasteiger partial charge is 0.265 e. The minimum Gasteiger partial charge on any atom is -0.364 e. The third kappa shape index (κ3) is 2.06. The van der Waals surface area contributed by atoms with Gasteiger partial charge in [-0.05, 0) is 36.8 Å². The van der Waals surface area contributed by atoms with Gasteiger partial charge in [-0.2, -0.15) is 0 Å². The number of primary amides is 1. The highest BCUT2D eigenvalue weighted by Crippen LogP contribution is 2.37. The van der Waals surface area contributed by atoms with E-state index in [0.717, 1.165) is 24.0 Å². The molecule has 6 nitrogen and oxygen atoms in total. The highest BCUT2D eigenvalue weighted by molar-refractivity contribution is 7.90. The number of nitrogens with zero attached hydrogens (tertiary/aromatic N) is 1. The molecule has 0 unspecified atom stereocenters. The molecule has 1 fully saturated rings. The van der Waals surface area contributed by atoms with Crippen molar-refractivity contribution < 1.29 is 13.2 Å². The summed E-state index contributed by atoms with van der Waals surface area (Å²) < 4.78 is 28.4. The van der Waals surface area contributed by atoms with E-state index in [4.69, 9.17) is 5.73 Å². The van der Waals surface area contributed by atoms with Gasteiger partial charge in [-0.1, -0.05) is 0 Å². The average Bonchev–Trinajstić information content (AvgIpc) is 3.02. The Morgan fingerprint density at radius 2 is 2.11 bits per heavy atom. The largest absolute Gasteiger partial charge is 0.364 e. The molecule has 3 rings (SSSR count). The first-order chi connectivity index (χ1) is 8.90. The van der Waals surface area contributed by atoms with Crippen molar-refractivity contribution in [1.29, 1.82) is 0 Å². The number of carbonyl (C=O) groups is 1. The summed E-state index contributed by atoms with van der Waals surface area (Å²) in [5.41, 5.74) is 7.63. The Labute approximate surface area is 112 Å². The summed E-state index contributed by atoms with van der Waals surface area (Å²) in [6, 6.07) is -0.222. The third-order valence-corrected chi connectivity index (χ3v) is 5.84. The number of nitrogens with one attached hydrogen (secondary N) is 1. The van der Waals surface area contributed by atoms with Crippen LogP contribution >= 0.6 is 0 Å². The van der Waals surface area contributed by atoms with Crippen molar-refractivity contribution in [3.05, 3.63) is 23.0 Å². The van der Waals surface area contributed by atoms with Crippen molar-refractivity contribution >= 4 is 15.9 Å². The van der Waals surface area contributed by atoms with Crippen LogP contribution in [0, 0.1) is 0 Å². The maximum atomic E-state index is 12.0. The van der Waals surface area contributed by atoms with Crippen molar-refractivity contribution in [2.45, 2.75) is 37.0 Å². The SMILES string of the molecule is Cn1cc2c(c1C(N)=O)CC[C@@H]2NS(=O)(=O)C1CC1. The predicted octanol–water partition coefficient (Wildman–Crippen LogP) is 0.193. The second-order valence-electron chi connectivity index (χ2n) is 5.34. The second-order valence-corrected chi connectivity index (χ2v) is 7.33. The molecule has 1 heterocycles. The number of aryl methyl sites for hydroxylation is 1. The number of rotatable bonds is 4. The molecule has 1 aromatic heterocycles. The minimum atomic E-state index is -3.21. The fraction of sp³-hybridized carbons (Fsp3) is 0.583. The quantitative estimate of drug-likeness (QED) is 0.826. The lowest BCUT2D eigenvalue weighted by Gasteiger charge is -2.12. The summed E-state index contributed by atoms with van der Waals surface area (Å²) in [5, 5.41) is -0.226. The number of carbonyl (C=O) groups excluding carboxylic acids is 1. The monoisotopic (exact) mass is 283 g/mol. The summed E-state index contributed by atoms with van der Waals surface area (Å²) >= 11 is 0. The lowest BCUT2D eigenvalue weighted by molar-refractivity contribution is 0.0991. The highest BCUT2D eigenvalue weighted by Gasteiger charge is 2.39. The number of hydrogen-bond donors (Lipinski definition) is 2. The van der Waals surface area contributed by atoms with Crippen LogP contribution in [0.3, 0.4) is 0 Å². The number of fused-ring (bicyclic) bond motifs is 1. The van der Waals surface area contributed by atoms with E-state index in [1.54, 1.807) is 11.6 Å². The van der Waals surface area contributed by atoms with Gasteiger partial charge in [0, 0.05) is 19.3 Å².